The Morgan fingerprint density at radius 2 is 2.23 bits per heavy atom. The van der Waals surface area contributed by atoms with Crippen molar-refractivity contribution in [1.82, 2.24) is 9.88 Å². The van der Waals surface area contributed by atoms with E-state index in [9.17, 15) is 4.79 Å². The number of benzene rings is 1. The third-order valence-electron chi connectivity index (χ3n) is 4.40. The second-order valence-corrected chi connectivity index (χ2v) is 7.17. The molecule has 0 saturated carbocycles. The Morgan fingerprint density at radius 1 is 1.41 bits per heavy atom. The molecule has 1 aliphatic heterocycles. The molecule has 1 aliphatic rings. The van der Waals surface area contributed by atoms with Crippen molar-refractivity contribution in [2.24, 2.45) is 5.92 Å². The summed E-state index contributed by atoms with van der Waals surface area (Å²) >= 11 is 6.06. The van der Waals surface area contributed by atoms with Gasteiger partial charge in [0.1, 0.15) is 0 Å². The summed E-state index contributed by atoms with van der Waals surface area (Å²) in [7, 11) is 0. The van der Waals surface area contributed by atoms with Crippen LogP contribution in [0.5, 0.6) is 0 Å². The predicted octanol–water partition coefficient (Wildman–Crippen LogP) is 4.57. The Balaban J connectivity index is 1.77. The average molecular weight is 319 g/mol. The molecule has 1 saturated heterocycles. The molecule has 0 bridgehead atoms. The smallest absolute Gasteiger partial charge is 0.222 e. The molecule has 118 valence electrons. The van der Waals surface area contributed by atoms with Crippen molar-refractivity contribution in [1.29, 1.82) is 0 Å². The van der Waals surface area contributed by atoms with Gasteiger partial charge >= 0.3 is 0 Å². The zero-order chi connectivity index (χ0) is 15.7. The van der Waals surface area contributed by atoms with Crippen molar-refractivity contribution < 1.29 is 4.79 Å². The SMILES string of the molecule is CC(C)CC(=O)N1CCCC(c2cc3cc(Cl)ccc3[nH]2)C1. The van der Waals surface area contributed by atoms with Crippen LogP contribution in [-0.2, 0) is 4.79 Å². The van der Waals surface area contributed by atoms with Crippen molar-refractivity contribution in [3.8, 4) is 0 Å². The van der Waals surface area contributed by atoms with Crippen molar-refractivity contribution in [2.75, 3.05) is 13.1 Å². The van der Waals surface area contributed by atoms with Crippen molar-refractivity contribution in [3.05, 3.63) is 35.0 Å². The van der Waals surface area contributed by atoms with Crippen LogP contribution in [0.15, 0.2) is 24.3 Å². The number of nitrogens with zero attached hydrogens (tertiary/aromatic N) is 1. The van der Waals surface area contributed by atoms with Crippen molar-refractivity contribution >= 4 is 28.4 Å². The number of H-pyrrole nitrogens is 1. The molecule has 0 aliphatic carbocycles. The maximum atomic E-state index is 12.3. The molecule has 3 rings (SSSR count). The second kappa shape index (κ2) is 6.33. The van der Waals surface area contributed by atoms with Gasteiger partial charge in [-0.05, 0) is 43.0 Å². The lowest BCUT2D eigenvalue weighted by molar-refractivity contribution is -0.133. The van der Waals surface area contributed by atoms with E-state index < -0.39 is 0 Å². The molecule has 4 heteroatoms. The number of carbonyl (C=O) groups is 1. The third-order valence-corrected chi connectivity index (χ3v) is 4.64. The van der Waals surface area contributed by atoms with E-state index in [4.69, 9.17) is 11.6 Å². The van der Waals surface area contributed by atoms with Crippen LogP contribution in [-0.4, -0.2) is 28.9 Å². The molecule has 1 atom stereocenters. The van der Waals surface area contributed by atoms with Crippen molar-refractivity contribution in [3.63, 3.8) is 0 Å². The first-order chi connectivity index (χ1) is 10.5. The number of hydrogen-bond donors (Lipinski definition) is 1. The monoisotopic (exact) mass is 318 g/mol. The predicted molar refractivity (Wildman–Crippen MR) is 91.3 cm³/mol. The highest BCUT2D eigenvalue weighted by molar-refractivity contribution is 6.31. The minimum absolute atomic E-state index is 0.291. The maximum Gasteiger partial charge on any atom is 0.222 e. The molecule has 1 fully saturated rings. The summed E-state index contributed by atoms with van der Waals surface area (Å²) < 4.78 is 0. The highest BCUT2D eigenvalue weighted by atomic mass is 35.5. The number of aromatic nitrogens is 1. The van der Waals surface area contributed by atoms with E-state index in [0.717, 1.165) is 41.9 Å². The van der Waals surface area contributed by atoms with Crippen LogP contribution in [0.25, 0.3) is 10.9 Å². The molecule has 1 amide bonds. The number of rotatable bonds is 3. The van der Waals surface area contributed by atoms with E-state index in [1.54, 1.807) is 0 Å². The Bertz CT molecular complexity index is 677. The van der Waals surface area contributed by atoms with Gasteiger partial charge in [0.05, 0.1) is 0 Å². The number of halogens is 1. The molecule has 0 spiro atoms. The first-order valence-electron chi connectivity index (χ1n) is 8.09. The highest BCUT2D eigenvalue weighted by Crippen LogP contribution is 2.30. The lowest BCUT2D eigenvalue weighted by atomic mass is 9.94. The minimum Gasteiger partial charge on any atom is -0.358 e. The highest BCUT2D eigenvalue weighted by Gasteiger charge is 2.26. The number of likely N-dealkylation sites (tertiary alicyclic amines) is 1. The van der Waals surface area contributed by atoms with Crippen LogP contribution in [0.4, 0.5) is 0 Å². The summed E-state index contributed by atoms with van der Waals surface area (Å²) in [4.78, 5) is 17.8. The molecule has 2 heterocycles. The second-order valence-electron chi connectivity index (χ2n) is 6.73. The molecule has 1 N–H and O–H groups in total. The van der Waals surface area contributed by atoms with Gasteiger partial charge in [-0.25, -0.2) is 0 Å². The van der Waals surface area contributed by atoms with Crippen LogP contribution < -0.4 is 0 Å². The number of aromatic amines is 1. The van der Waals surface area contributed by atoms with Gasteiger partial charge in [-0.2, -0.15) is 0 Å². The van der Waals surface area contributed by atoms with E-state index in [0.29, 0.717) is 24.2 Å². The summed E-state index contributed by atoms with van der Waals surface area (Å²) in [6.07, 6.45) is 2.85. The summed E-state index contributed by atoms with van der Waals surface area (Å²) in [5, 5.41) is 1.91. The Labute approximate surface area is 136 Å². The summed E-state index contributed by atoms with van der Waals surface area (Å²) in [5.41, 5.74) is 2.34. The fourth-order valence-corrected chi connectivity index (χ4v) is 3.46. The van der Waals surface area contributed by atoms with E-state index in [-0.39, 0.29) is 0 Å². The van der Waals surface area contributed by atoms with E-state index >= 15 is 0 Å². The van der Waals surface area contributed by atoms with Gasteiger partial charge in [-0.1, -0.05) is 25.4 Å². The quantitative estimate of drug-likeness (QED) is 0.884. The summed E-state index contributed by atoms with van der Waals surface area (Å²) in [6, 6.07) is 8.10. The zero-order valence-corrected chi connectivity index (χ0v) is 14.0. The van der Waals surface area contributed by atoms with Crippen LogP contribution in [0.2, 0.25) is 5.02 Å². The Kier molecular flexibility index (Phi) is 4.44. The van der Waals surface area contributed by atoms with E-state index in [1.807, 2.05) is 23.1 Å². The van der Waals surface area contributed by atoms with Gasteiger partial charge < -0.3 is 9.88 Å². The molecule has 1 unspecified atom stereocenters. The van der Waals surface area contributed by atoms with Crippen LogP contribution in [0, 0.1) is 5.92 Å². The Hall–Kier alpha value is -1.48. The number of hydrogen-bond acceptors (Lipinski definition) is 1. The van der Waals surface area contributed by atoms with Crippen LogP contribution >= 0.6 is 11.6 Å². The fourth-order valence-electron chi connectivity index (χ4n) is 3.28. The van der Waals surface area contributed by atoms with Gasteiger partial charge in [0.2, 0.25) is 5.91 Å². The van der Waals surface area contributed by atoms with E-state index in [2.05, 4.69) is 24.9 Å². The molecule has 22 heavy (non-hydrogen) atoms. The fraction of sp³-hybridized carbons (Fsp3) is 0.500. The minimum atomic E-state index is 0.291. The summed E-state index contributed by atoms with van der Waals surface area (Å²) in [5.74, 6) is 1.11. The first kappa shape index (κ1) is 15.4. The van der Waals surface area contributed by atoms with Crippen LogP contribution in [0.3, 0.4) is 0 Å². The van der Waals surface area contributed by atoms with E-state index in [1.165, 1.54) is 5.69 Å². The zero-order valence-electron chi connectivity index (χ0n) is 13.2. The standard InChI is InChI=1S/C18H23ClN2O/c1-12(2)8-18(22)21-7-3-4-13(11-21)17-10-14-9-15(19)5-6-16(14)20-17/h5-6,9-10,12-13,20H,3-4,7-8,11H2,1-2H3. The summed E-state index contributed by atoms with van der Waals surface area (Å²) in [6.45, 7) is 5.92. The third kappa shape index (κ3) is 3.30. The van der Waals surface area contributed by atoms with Crippen molar-refractivity contribution in [2.45, 2.75) is 39.0 Å². The molecule has 2 aromatic rings. The lowest BCUT2D eigenvalue weighted by Crippen LogP contribution is -2.39. The van der Waals surface area contributed by atoms with Crippen LogP contribution in [0.1, 0.15) is 44.7 Å². The maximum absolute atomic E-state index is 12.3. The number of fused-ring (bicyclic) bond motifs is 1. The molecule has 1 aromatic carbocycles. The number of carbonyl (C=O) groups excluding carboxylic acids is 1. The van der Waals surface area contributed by atoms with Gasteiger partial charge in [-0.3, -0.25) is 4.79 Å². The molecular weight excluding hydrogens is 296 g/mol. The van der Waals surface area contributed by atoms with Gasteiger partial charge in [-0.15, -0.1) is 0 Å². The molecule has 1 aromatic heterocycles. The van der Waals surface area contributed by atoms with Gasteiger partial charge in [0, 0.05) is 47.0 Å². The van der Waals surface area contributed by atoms with Gasteiger partial charge in [0.25, 0.3) is 0 Å². The average Bonchev–Trinajstić information content (AvgIpc) is 2.89. The molecule has 0 radical (unpaired) electrons. The van der Waals surface area contributed by atoms with Gasteiger partial charge in [0.15, 0.2) is 0 Å². The normalized spacial score (nSPS) is 19.1. The molecule has 3 nitrogen and oxygen atoms in total. The number of nitrogens with one attached hydrogen (secondary N) is 1. The lowest BCUT2D eigenvalue weighted by Gasteiger charge is -2.33. The number of amides is 1. The first-order valence-corrected chi connectivity index (χ1v) is 8.46. The number of piperidine rings is 1. The molecular formula is C18H23ClN2O. The Morgan fingerprint density at radius 3 is 3.00 bits per heavy atom. The largest absolute Gasteiger partial charge is 0.358 e. The topological polar surface area (TPSA) is 36.1 Å².